The molecule has 164 valence electrons. The Labute approximate surface area is 192 Å². The van der Waals surface area contributed by atoms with Gasteiger partial charge in [0, 0.05) is 0 Å². The number of hydrogen-bond acceptors (Lipinski definition) is 5. The zero-order valence-corrected chi connectivity index (χ0v) is 19.0. The van der Waals surface area contributed by atoms with E-state index in [1.165, 1.54) is 4.90 Å². The van der Waals surface area contributed by atoms with E-state index in [2.05, 4.69) is 0 Å². The predicted octanol–water partition coefficient (Wildman–Crippen LogP) is 4.49. The van der Waals surface area contributed by atoms with Crippen LogP contribution in [0.25, 0.3) is 0 Å². The molecule has 5 rings (SSSR count). The summed E-state index contributed by atoms with van der Waals surface area (Å²) in [5.41, 5.74) is 1.35. The standard InChI is InChI=1S/C24H23ClN3O3P/c25-18-11-13-21(14-12-18)28-23(29)17-22(24(28)30)32(31)26(19-7-3-1-4-8-19)15-16-27(32)20-9-5-2-6-10-20/h1-14,22,31-32H,15-17H2. The van der Waals surface area contributed by atoms with Gasteiger partial charge in [-0.05, 0) is 0 Å². The van der Waals surface area contributed by atoms with Crippen molar-refractivity contribution in [1.82, 2.24) is 0 Å². The molecule has 0 bridgehead atoms. The molecule has 6 nitrogen and oxygen atoms in total. The van der Waals surface area contributed by atoms with Crippen LogP contribution in [-0.4, -0.2) is 35.5 Å². The quantitative estimate of drug-likeness (QED) is 0.452. The molecule has 0 spiro atoms. The van der Waals surface area contributed by atoms with E-state index >= 15 is 0 Å². The Morgan fingerprint density at radius 1 is 0.750 bits per heavy atom. The third-order valence-corrected chi connectivity index (χ3v) is 10.4. The van der Waals surface area contributed by atoms with E-state index in [9.17, 15) is 14.5 Å². The fraction of sp³-hybridized carbons (Fsp3) is 0.167. The molecule has 2 fully saturated rings. The van der Waals surface area contributed by atoms with Crippen molar-refractivity contribution in [3.63, 3.8) is 0 Å². The molecule has 3 aromatic rings. The number of rotatable bonds is 4. The Balaban J connectivity index is 1.58. The van der Waals surface area contributed by atoms with Crippen LogP contribution in [-0.2, 0) is 9.59 Å². The molecule has 32 heavy (non-hydrogen) atoms. The maximum absolute atomic E-state index is 13.6. The summed E-state index contributed by atoms with van der Waals surface area (Å²) in [6.45, 7) is 1.14. The zero-order chi connectivity index (χ0) is 22.3. The minimum absolute atomic E-state index is 0.0309. The van der Waals surface area contributed by atoms with E-state index in [1.54, 1.807) is 24.3 Å². The van der Waals surface area contributed by atoms with Gasteiger partial charge in [0.2, 0.25) is 0 Å². The van der Waals surface area contributed by atoms with Crippen LogP contribution >= 0.6 is 19.4 Å². The Morgan fingerprint density at radius 2 is 1.25 bits per heavy atom. The van der Waals surface area contributed by atoms with Crippen molar-refractivity contribution in [3.05, 3.63) is 90.0 Å². The molecular formula is C24H23ClN3O3P. The number of amides is 2. The van der Waals surface area contributed by atoms with Crippen molar-refractivity contribution in [2.75, 3.05) is 27.3 Å². The minimum atomic E-state index is -3.66. The van der Waals surface area contributed by atoms with Gasteiger partial charge < -0.3 is 0 Å². The van der Waals surface area contributed by atoms with E-state index in [4.69, 9.17) is 11.6 Å². The summed E-state index contributed by atoms with van der Waals surface area (Å²) in [6, 6.07) is 25.9. The Bertz CT molecular complexity index is 1100. The van der Waals surface area contributed by atoms with Crippen LogP contribution in [0.5, 0.6) is 0 Å². The summed E-state index contributed by atoms with van der Waals surface area (Å²) in [7, 11) is -3.66. The normalized spacial score (nSPS) is 21.3. The molecule has 2 saturated heterocycles. The Hall–Kier alpha value is -2.92. The number of halogens is 1. The molecule has 0 aliphatic carbocycles. The first kappa shape index (κ1) is 21.0. The van der Waals surface area contributed by atoms with E-state index < -0.39 is 13.4 Å². The fourth-order valence-corrected chi connectivity index (χ4v) is 8.70. The van der Waals surface area contributed by atoms with Crippen LogP contribution in [0.1, 0.15) is 6.42 Å². The van der Waals surface area contributed by atoms with Crippen molar-refractivity contribution < 1.29 is 14.5 Å². The van der Waals surface area contributed by atoms with Crippen molar-refractivity contribution in [3.8, 4) is 0 Å². The van der Waals surface area contributed by atoms with E-state index in [1.807, 2.05) is 70.0 Å². The average Bonchev–Trinajstić information content (AvgIpc) is 3.32. The molecule has 2 aliphatic heterocycles. The van der Waals surface area contributed by atoms with Crippen molar-refractivity contribution in [2.45, 2.75) is 12.1 Å². The summed E-state index contributed by atoms with van der Waals surface area (Å²) in [4.78, 5) is 40.2. The molecule has 1 unspecified atom stereocenters. The van der Waals surface area contributed by atoms with Gasteiger partial charge in [-0.2, -0.15) is 0 Å². The van der Waals surface area contributed by atoms with Gasteiger partial charge in [-0.25, -0.2) is 0 Å². The number of para-hydroxylation sites is 2. The molecule has 2 heterocycles. The summed E-state index contributed by atoms with van der Waals surface area (Å²) in [5.74, 6) is -0.675. The van der Waals surface area contributed by atoms with Gasteiger partial charge in [0.1, 0.15) is 0 Å². The molecule has 0 saturated carbocycles. The topological polar surface area (TPSA) is 64.1 Å². The SMILES string of the molecule is O=C1CC([PH]2(O)N(c3ccccc3)CCN2c2ccccc2)C(=O)N1c1ccc(Cl)cc1. The summed E-state index contributed by atoms with van der Waals surface area (Å²) >= 11 is 5.98. The monoisotopic (exact) mass is 467 g/mol. The molecule has 1 N–H and O–H groups in total. The zero-order valence-electron chi connectivity index (χ0n) is 17.3. The molecule has 3 aromatic carbocycles. The average molecular weight is 468 g/mol. The molecule has 2 amide bonds. The van der Waals surface area contributed by atoms with Gasteiger partial charge in [-0.1, -0.05) is 0 Å². The van der Waals surface area contributed by atoms with Crippen molar-refractivity contribution in [2.24, 2.45) is 0 Å². The Morgan fingerprint density at radius 3 is 1.75 bits per heavy atom. The number of benzene rings is 3. The summed E-state index contributed by atoms with van der Waals surface area (Å²) < 4.78 is 3.92. The maximum atomic E-state index is 13.6. The second-order valence-corrected chi connectivity index (χ2v) is 11.5. The van der Waals surface area contributed by atoms with Crippen LogP contribution in [0.2, 0.25) is 5.02 Å². The van der Waals surface area contributed by atoms with Gasteiger partial charge in [-0.15, -0.1) is 0 Å². The second kappa shape index (κ2) is 8.21. The van der Waals surface area contributed by atoms with Crippen LogP contribution in [0.3, 0.4) is 0 Å². The van der Waals surface area contributed by atoms with Gasteiger partial charge in [0.15, 0.2) is 0 Å². The van der Waals surface area contributed by atoms with Gasteiger partial charge >= 0.3 is 192 Å². The second-order valence-electron chi connectivity index (χ2n) is 7.96. The van der Waals surface area contributed by atoms with Crippen LogP contribution in [0.15, 0.2) is 84.9 Å². The van der Waals surface area contributed by atoms with Gasteiger partial charge in [0.25, 0.3) is 0 Å². The first-order valence-electron chi connectivity index (χ1n) is 10.5. The van der Waals surface area contributed by atoms with Crippen molar-refractivity contribution in [1.29, 1.82) is 0 Å². The van der Waals surface area contributed by atoms with Crippen LogP contribution in [0.4, 0.5) is 17.1 Å². The Kier molecular flexibility index (Phi) is 5.38. The van der Waals surface area contributed by atoms with E-state index in [0.717, 1.165) is 11.4 Å². The third kappa shape index (κ3) is 3.36. The molecule has 2 aliphatic rings. The van der Waals surface area contributed by atoms with E-state index in [-0.39, 0.29) is 18.2 Å². The molecule has 0 radical (unpaired) electrons. The molecular weight excluding hydrogens is 445 g/mol. The van der Waals surface area contributed by atoms with E-state index in [0.29, 0.717) is 23.8 Å². The number of hydrogen-bond donors (Lipinski definition) is 1. The first-order valence-corrected chi connectivity index (χ1v) is 12.8. The number of nitrogens with zero attached hydrogens (tertiary/aromatic N) is 3. The number of carbonyl (C=O) groups excluding carboxylic acids is 2. The first-order chi connectivity index (χ1) is 15.5. The molecule has 8 heteroatoms. The summed E-state index contributed by atoms with van der Waals surface area (Å²) in [5, 5.41) is 0.527. The van der Waals surface area contributed by atoms with Gasteiger partial charge in [-0.3, -0.25) is 0 Å². The molecule has 0 aromatic heterocycles. The van der Waals surface area contributed by atoms with Crippen molar-refractivity contribution >= 4 is 48.3 Å². The number of carbonyl (C=O) groups is 2. The van der Waals surface area contributed by atoms with Gasteiger partial charge in [0.05, 0.1) is 0 Å². The number of anilines is 3. The predicted molar refractivity (Wildman–Crippen MR) is 130 cm³/mol. The third-order valence-electron chi connectivity index (χ3n) is 6.18. The van der Waals surface area contributed by atoms with Crippen LogP contribution < -0.4 is 14.2 Å². The molecule has 1 atom stereocenters. The summed E-state index contributed by atoms with van der Waals surface area (Å²) in [6.07, 6.45) is -0.0309. The van der Waals surface area contributed by atoms with Crippen LogP contribution in [0, 0.1) is 0 Å². The number of imide groups is 1. The fourth-order valence-electron chi connectivity index (χ4n) is 4.70.